The van der Waals surface area contributed by atoms with Crippen molar-refractivity contribution in [2.45, 2.75) is 52.1 Å². The largest absolute Gasteiger partial charge is 0.394 e. The van der Waals surface area contributed by atoms with Crippen molar-refractivity contribution >= 4 is 5.91 Å². The van der Waals surface area contributed by atoms with E-state index in [-0.39, 0.29) is 17.9 Å². The molecule has 2 saturated heterocycles. The van der Waals surface area contributed by atoms with E-state index in [1.54, 1.807) is 6.92 Å². The van der Waals surface area contributed by atoms with E-state index in [0.29, 0.717) is 0 Å². The number of nitrogens with zero attached hydrogens (tertiary/aromatic N) is 3. The predicted molar refractivity (Wildman–Crippen MR) is 93.4 cm³/mol. The Bertz CT molecular complexity index is 610. The lowest BCUT2D eigenvalue weighted by Crippen LogP contribution is -2.46. The van der Waals surface area contributed by atoms with Gasteiger partial charge in [0.15, 0.2) is 0 Å². The summed E-state index contributed by atoms with van der Waals surface area (Å²) in [6.45, 7) is 9.58. The molecule has 0 aromatic carbocycles. The van der Waals surface area contributed by atoms with Crippen LogP contribution in [0.1, 0.15) is 44.2 Å². The number of carbonyl (C=O) groups excluding carboxylic acids is 1. The fourth-order valence-corrected chi connectivity index (χ4v) is 4.60. The van der Waals surface area contributed by atoms with Crippen LogP contribution in [-0.2, 0) is 11.3 Å². The molecule has 3 rings (SSSR count). The molecule has 1 aromatic heterocycles. The molecule has 0 saturated carbocycles. The van der Waals surface area contributed by atoms with Gasteiger partial charge in [-0.3, -0.25) is 14.7 Å². The highest BCUT2D eigenvalue weighted by Gasteiger charge is 2.52. The maximum atomic E-state index is 12.0. The zero-order valence-electron chi connectivity index (χ0n) is 15.1. The first-order valence-corrected chi connectivity index (χ1v) is 8.88. The minimum atomic E-state index is -0.394. The van der Waals surface area contributed by atoms with Gasteiger partial charge in [-0.05, 0) is 62.7 Å². The summed E-state index contributed by atoms with van der Waals surface area (Å²) in [5.41, 5.74) is 2.24. The average Bonchev–Trinajstić information content (AvgIpc) is 2.84. The SMILES string of the molecule is CC(=O)N1CC2(CCN(Cc3cncc(C)c3)CC2)C[C@@]1(C)CO. The number of aryl methyl sites for hydroxylation is 1. The number of aliphatic hydroxyl groups is 1. The molecule has 3 heterocycles. The quantitative estimate of drug-likeness (QED) is 0.920. The Balaban J connectivity index is 1.63. The number of rotatable bonds is 3. The van der Waals surface area contributed by atoms with E-state index in [4.69, 9.17) is 0 Å². The van der Waals surface area contributed by atoms with Crippen LogP contribution in [0.2, 0.25) is 0 Å². The van der Waals surface area contributed by atoms with Crippen molar-refractivity contribution in [2.24, 2.45) is 5.41 Å². The molecule has 2 fully saturated rings. The van der Waals surface area contributed by atoms with Crippen molar-refractivity contribution in [2.75, 3.05) is 26.2 Å². The van der Waals surface area contributed by atoms with Gasteiger partial charge in [-0.25, -0.2) is 0 Å². The van der Waals surface area contributed by atoms with Gasteiger partial charge in [-0.15, -0.1) is 0 Å². The fraction of sp³-hybridized carbons (Fsp3) is 0.684. The number of carbonyl (C=O) groups is 1. The van der Waals surface area contributed by atoms with E-state index >= 15 is 0 Å². The molecule has 5 heteroatoms. The third-order valence-corrected chi connectivity index (χ3v) is 5.88. The maximum Gasteiger partial charge on any atom is 0.219 e. The smallest absolute Gasteiger partial charge is 0.219 e. The summed E-state index contributed by atoms with van der Waals surface area (Å²) < 4.78 is 0. The van der Waals surface area contributed by atoms with E-state index in [0.717, 1.165) is 45.4 Å². The Kier molecular flexibility index (Phi) is 4.67. The lowest BCUT2D eigenvalue weighted by molar-refractivity contribution is -0.134. The van der Waals surface area contributed by atoms with Crippen molar-refractivity contribution in [3.8, 4) is 0 Å². The topological polar surface area (TPSA) is 56.7 Å². The molecule has 1 amide bonds. The van der Waals surface area contributed by atoms with Crippen LogP contribution in [0.5, 0.6) is 0 Å². The predicted octanol–water partition coefficient (Wildman–Crippen LogP) is 1.98. The Morgan fingerprint density at radius 2 is 2.04 bits per heavy atom. The molecule has 0 aliphatic carbocycles. The molecule has 1 N–H and O–H groups in total. The minimum Gasteiger partial charge on any atom is -0.394 e. The Hall–Kier alpha value is -1.46. The van der Waals surface area contributed by atoms with Gasteiger partial charge in [-0.1, -0.05) is 6.07 Å². The molecule has 1 atom stereocenters. The van der Waals surface area contributed by atoms with Crippen LogP contribution in [-0.4, -0.2) is 57.6 Å². The molecule has 132 valence electrons. The van der Waals surface area contributed by atoms with Crippen LogP contribution in [0, 0.1) is 12.3 Å². The summed E-state index contributed by atoms with van der Waals surface area (Å²) in [4.78, 5) is 20.6. The summed E-state index contributed by atoms with van der Waals surface area (Å²) in [6.07, 6.45) is 6.93. The normalized spacial score (nSPS) is 26.9. The minimum absolute atomic E-state index is 0.0486. The third-order valence-electron chi connectivity index (χ3n) is 5.88. The van der Waals surface area contributed by atoms with E-state index in [1.807, 2.05) is 24.2 Å². The number of piperidine rings is 1. The van der Waals surface area contributed by atoms with Gasteiger partial charge in [0, 0.05) is 32.4 Å². The van der Waals surface area contributed by atoms with Crippen LogP contribution < -0.4 is 0 Å². The molecular formula is C19H29N3O2. The van der Waals surface area contributed by atoms with Crippen molar-refractivity contribution in [3.63, 3.8) is 0 Å². The second-order valence-electron chi connectivity index (χ2n) is 8.08. The summed E-state index contributed by atoms with van der Waals surface area (Å²) >= 11 is 0. The number of likely N-dealkylation sites (tertiary alicyclic amines) is 2. The van der Waals surface area contributed by atoms with Gasteiger partial charge < -0.3 is 10.0 Å². The second kappa shape index (κ2) is 6.45. The van der Waals surface area contributed by atoms with Crippen LogP contribution in [0.3, 0.4) is 0 Å². The van der Waals surface area contributed by atoms with Crippen LogP contribution in [0.25, 0.3) is 0 Å². The number of aromatic nitrogens is 1. The summed E-state index contributed by atoms with van der Waals surface area (Å²) in [6, 6.07) is 2.20. The molecule has 1 spiro atoms. The monoisotopic (exact) mass is 331 g/mol. The Morgan fingerprint density at radius 1 is 1.33 bits per heavy atom. The van der Waals surface area contributed by atoms with Crippen molar-refractivity contribution in [3.05, 3.63) is 29.6 Å². The van der Waals surface area contributed by atoms with Gasteiger partial charge in [0.1, 0.15) is 0 Å². The Morgan fingerprint density at radius 3 is 2.58 bits per heavy atom. The van der Waals surface area contributed by atoms with E-state index in [9.17, 15) is 9.90 Å². The number of hydrogen-bond donors (Lipinski definition) is 1. The number of amides is 1. The first kappa shape index (κ1) is 17.4. The lowest BCUT2D eigenvalue weighted by Gasteiger charge is -2.39. The molecule has 2 aliphatic heterocycles. The Labute approximate surface area is 144 Å². The van der Waals surface area contributed by atoms with E-state index in [2.05, 4.69) is 22.9 Å². The van der Waals surface area contributed by atoms with Gasteiger partial charge in [0.05, 0.1) is 12.1 Å². The molecule has 0 unspecified atom stereocenters. The molecule has 1 aromatic rings. The van der Waals surface area contributed by atoms with Crippen molar-refractivity contribution < 1.29 is 9.90 Å². The van der Waals surface area contributed by atoms with Crippen LogP contribution >= 0.6 is 0 Å². The molecule has 5 nitrogen and oxygen atoms in total. The molecule has 0 bridgehead atoms. The van der Waals surface area contributed by atoms with Gasteiger partial charge in [0.2, 0.25) is 5.91 Å². The number of pyridine rings is 1. The molecule has 2 aliphatic rings. The summed E-state index contributed by atoms with van der Waals surface area (Å²) in [5.74, 6) is 0.0803. The number of aliphatic hydroxyl groups excluding tert-OH is 1. The van der Waals surface area contributed by atoms with Gasteiger partial charge in [-0.2, -0.15) is 0 Å². The third kappa shape index (κ3) is 3.33. The molecular weight excluding hydrogens is 302 g/mol. The second-order valence-corrected chi connectivity index (χ2v) is 8.08. The first-order chi connectivity index (χ1) is 11.4. The average molecular weight is 331 g/mol. The standard InChI is InChI=1S/C19H29N3O2/c1-15-8-17(10-20-9-15)11-21-6-4-19(5-7-21)12-18(3,14-23)22(13-19)16(2)24/h8-10,23H,4-7,11-14H2,1-3H3/t18-/m0/s1. The molecule has 0 radical (unpaired) electrons. The zero-order valence-corrected chi connectivity index (χ0v) is 15.1. The molecule has 24 heavy (non-hydrogen) atoms. The summed E-state index contributed by atoms with van der Waals surface area (Å²) in [7, 11) is 0. The fourth-order valence-electron chi connectivity index (χ4n) is 4.60. The lowest BCUT2D eigenvalue weighted by atomic mass is 9.74. The zero-order chi connectivity index (χ0) is 17.4. The highest BCUT2D eigenvalue weighted by molar-refractivity contribution is 5.74. The van der Waals surface area contributed by atoms with Crippen LogP contribution in [0.4, 0.5) is 0 Å². The highest BCUT2D eigenvalue weighted by Crippen LogP contribution is 2.48. The summed E-state index contributed by atoms with van der Waals surface area (Å²) in [5, 5.41) is 9.82. The van der Waals surface area contributed by atoms with E-state index < -0.39 is 5.54 Å². The van der Waals surface area contributed by atoms with Crippen molar-refractivity contribution in [1.82, 2.24) is 14.8 Å². The van der Waals surface area contributed by atoms with E-state index in [1.165, 1.54) is 11.1 Å². The first-order valence-electron chi connectivity index (χ1n) is 8.88. The van der Waals surface area contributed by atoms with Gasteiger partial charge >= 0.3 is 0 Å². The number of hydrogen-bond acceptors (Lipinski definition) is 4. The van der Waals surface area contributed by atoms with Crippen molar-refractivity contribution in [1.29, 1.82) is 0 Å². The maximum absolute atomic E-state index is 12.0. The van der Waals surface area contributed by atoms with Crippen LogP contribution in [0.15, 0.2) is 18.5 Å². The van der Waals surface area contributed by atoms with Gasteiger partial charge in [0.25, 0.3) is 0 Å². The highest BCUT2D eigenvalue weighted by atomic mass is 16.3.